The molecule has 1 aromatic rings. The second kappa shape index (κ2) is 5.91. The molecule has 100 valence electrons. The smallest absolute Gasteiger partial charge is 0.175 e. The SMILES string of the molecule is COc1c(O)cc(C)c(CN2CCNCC2)c1Br. The van der Waals surface area contributed by atoms with Gasteiger partial charge >= 0.3 is 0 Å². The summed E-state index contributed by atoms with van der Waals surface area (Å²) in [7, 11) is 1.57. The molecule has 18 heavy (non-hydrogen) atoms. The maximum atomic E-state index is 9.82. The first-order valence-electron chi connectivity index (χ1n) is 6.11. The number of hydrogen-bond acceptors (Lipinski definition) is 4. The zero-order valence-electron chi connectivity index (χ0n) is 10.8. The molecule has 1 aliphatic rings. The minimum absolute atomic E-state index is 0.186. The molecule has 0 radical (unpaired) electrons. The normalized spacial score (nSPS) is 16.8. The number of aryl methyl sites for hydroxylation is 1. The number of phenolic OH excluding ortho intramolecular Hbond substituents is 1. The van der Waals surface area contributed by atoms with E-state index in [0.29, 0.717) is 5.75 Å². The van der Waals surface area contributed by atoms with Gasteiger partial charge in [0, 0.05) is 32.7 Å². The van der Waals surface area contributed by atoms with Gasteiger partial charge in [-0.25, -0.2) is 0 Å². The van der Waals surface area contributed by atoms with Crippen molar-refractivity contribution in [2.45, 2.75) is 13.5 Å². The lowest BCUT2D eigenvalue weighted by Crippen LogP contribution is -2.43. The molecule has 0 unspecified atom stereocenters. The molecule has 0 spiro atoms. The summed E-state index contributed by atoms with van der Waals surface area (Å²) in [5.74, 6) is 0.705. The Kier molecular flexibility index (Phi) is 4.48. The largest absolute Gasteiger partial charge is 0.504 e. The van der Waals surface area contributed by atoms with E-state index in [9.17, 15) is 5.11 Å². The lowest BCUT2D eigenvalue weighted by atomic mass is 10.1. The summed E-state index contributed by atoms with van der Waals surface area (Å²) in [6, 6.07) is 1.77. The number of nitrogens with zero attached hydrogens (tertiary/aromatic N) is 1. The van der Waals surface area contributed by atoms with Gasteiger partial charge in [-0.3, -0.25) is 4.90 Å². The number of phenols is 1. The molecule has 0 amide bonds. The highest BCUT2D eigenvalue weighted by atomic mass is 79.9. The summed E-state index contributed by atoms with van der Waals surface area (Å²) in [5.41, 5.74) is 2.27. The Bertz CT molecular complexity index is 431. The molecule has 0 saturated carbocycles. The number of piperazine rings is 1. The van der Waals surface area contributed by atoms with E-state index in [-0.39, 0.29) is 5.75 Å². The third-order valence-corrected chi connectivity index (χ3v) is 4.16. The van der Waals surface area contributed by atoms with E-state index >= 15 is 0 Å². The molecule has 1 aliphatic heterocycles. The third-order valence-electron chi connectivity index (χ3n) is 3.32. The number of methoxy groups -OCH3 is 1. The number of benzene rings is 1. The van der Waals surface area contributed by atoms with Gasteiger partial charge in [-0.1, -0.05) is 0 Å². The summed E-state index contributed by atoms with van der Waals surface area (Å²) >= 11 is 3.54. The lowest BCUT2D eigenvalue weighted by Gasteiger charge is -2.28. The van der Waals surface area contributed by atoms with Crippen LogP contribution in [0, 0.1) is 6.92 Å². The molecule has 2 rings (SSSR count). The number of rotatable bonds is 3. The molecule has 0 atom stereocenters. The average Bonchev–Trinajstić information content (AvgIpc) is 2.36. The van der Waals surface area contributed by atoms with Crippen LogP contribution in [0.5, 0.6) is 11.5 Å². The van der Waals surface area contributed by atoms with Crippen LogP contribution in [-0.2, 0) is 6.54 Å². The van der Waals surface area contributed by atoms with Crippen molar-refractivity contribution < 1.29 is 9.84 Å². The number of nitrogens with one attached hydrogen (secondary N) is 1. The van der Waals surface area contributed by atoms with Crippen LogP contribution in [0.1, 0.15) is 11.1 Å². The first-order chi connectivity index (χ1) is 8.63. The summed E-state index contributed by atoms with van der Waals surface area (Å²) in [4.78, 5) is 2.40. The Balaban J connectivity index is 2.26. The second-order valence-corrected chi connectivity index (χ2v) is 5.36. The molecule has 4 nitrogen and oxygen atoms in total. The molecule has 0 aliphatic carbocycles. The number of ether oxygens (including phenoxy) is 1. The molecule has 5 heteroatoms. The number of aromatic hydroxyl groups is 1. The average molecular weight is 315 g/mol. The van der Waals surface area contributed by atoms with Crippen LogP contribution in [0.15, 0.2) is 10.5 Å². The lowest BCUT2D eigenvalue weighted by molar-refractivity contribution is 0.232. The molecule has 1 heterocycles. The van der Waals surface area contributed by atoms with Gasteiger partial charge < -0.3 is 15.2 Å². The highest BCUT2D eigenvalue weighted by Crippen LogP contribution is 2.39. The monoisotopic (exact) mass is 314 g/mol. The van der Waals surface area contributed by atoms with Crippen molar-refractivity contribution in [3.63, 3.8) is 0 Å². The topological polar surface area (TPSA) is 44.7 Å². The zero-order chi connectivity index (χ0) is 13.1. The Labute approximate surface area is 116 Å². The van der Waals surface area contributed by atoms with Crippen LogP contribution < -0.4 is 10.1 Å². The molecule has 0 aromatic heterocycles. The fourth-order valence-electron chi connectivity index (χ4n) is 2.26. The van der Waals surface area contributed by atoms with Crippen molar-refractivity contribution >= 4 is 15.9 Å². The molecule has 1 fully saturated rings. The number of halogens is 1. The van der Waals surface area contributed by atoms with Crippen LogP contribution in [0.4, 0.5) is 0 Å². The van der Waals surface area contributed by atoms with Crippen LogP contribution in [0.2, 0.25) is 0 Å². The first-order valence-corrected chi connectivity index (χ1v) is 6.90. The van der Waals surface area contributed by atoms with Crippen molar-refractivity contribution in [1.82, 2.24) is 10.2 Å². The van der Waals surface area contributed by atoms with Gasteiger partial charge in [-0.2, -0.15) is 0 Å². The highest BCUT2D eigenvalue weighted by Gasteiger charge is 2.18. The van der Waals surface area contributed by atoms with Crippen LogP contribution in [0.3, 0.4) is 0 Å². The van der Waals surface area contributed by atoms with Crippen LogP contribution >= 0.6 is 15.9 Å². The van der Waals surface area contributed by atoms with Gasteiger partial charge in [0.1, 0.15) is 0 Å². The zero-order valence-corrected chi connectivity index (χ0v) is 12.4. The van der Waals surface area contributed by atoms with Crippen molar-refractivity contribution in [3.8, 4) is 11.5 Å². The van der Waals surface area contributed by atoms with Crippen molar-refractivity contribution in [3.05, 3.63) is 21.7 Å². The van der Waals surface area contributed by atoms with Gasteiger partial charge in [0.2, 0.25) is 0 Å². The fourth-order valence-corrected chi connectivity index (χ4v) is 3.06. The third kappa shape index (κ3) is 2.79. The molecule has 2 N–H and O–H groups in total. The molecule has 0 bridgehead atoms. The van der Waals surface area contributed by atoms with Gasteiger partial charge in [0.25, 0.3) is 0 Å². The highest BCUT2D eigenvalue weighted by molar-refractivity contribution is 9.10. The Morgan fingerprint density at radius 1 is 1.44 bits per heavy atom. The Hall–Kier alpha value is -0.780. The van der Waals surface area contributed by atoms with Gasteiger partial charge in [-0.15, -0.1) is 0 Å². The maximum absolute atomic E-state index is 9.82. The minimum Gasteiger partial charge on any atom is -0.504 e. The summed E-state index contributed by atoms with van der Waals surface area (Å²) in [6.45, 7) is 7.06. The van der Waals surface area contributed by atoms with Crippen molar-refractivity contribution in [2.24, 2.45) is 0 Å². The predicted molar refractivity (Wildman–Crippen MR) is 75.2 cm³/mol. The van der Waals surface area contributed by atoms with E-state index in [2.05, 4.69) is 26.1 Å². The first kappa shape index (κ1) is 13.6. The van der Waals surface area contributed by atoms with Crippen LogP contribution in [0.25, 0.3) is 0 Å². The van der Waals surface area contributed by atoms with E-state index in [0.717, 1.165) is 42.8 Å². The van der Waals surface area contributed by atoms with E-state index in [1.165, 1.54) is 5.56 Å². The van der Waals surface area contributed by atoms with Crippen molar-refractivity contribution in [1.29, 1.82) is 0 Å². The number of hydrogen-bond donors (Lipinski definition) is 2. The maximum Gasteiger partial charge on any atom is 0.175 e. The van der Waals surface area contributed by atoms with E-state index in [1.807, 2.05) is 6.92 Å². The van der Waals surface area contributed by atoms with Crippen LogP contribution in [-0.4, -0.2) is 43.3 Å². The van der Waals surface area contributed by atoms with E-state index in [1.54, 1.807) is 13.2 Å². The minimum atomic E-state index is 0.186. The van der Waals surface area contributed by atoms with Gasteiger partial charge in [0.05, 0.1) is 11.6 Å². The summed E-state index contributed by atoms with van der Waals surface area (Å²) in [5, 5.41) is 13.2. The summed E-state index contributed by atoms with van der Waals surface area (Å²) < 4.78 is 6.09. The quantitative estimate of drug-likeness (QED) is 0.894. The van der Waals surface area contributed by atoms with Gasteiger partial charge in [0.15, 0.2) is 11.5 Å². The molecular formula is C13H19BrN2O2. The molecule has 1 saturated heterocycles. The van der Waals surface area contributed by atoms with Crippen molar-refractivity contribution in [2.75, 3.05) is 33.3 Å². The Morgan fingerprint density at radius 2 is 2.11 bits per heavy atom. The standard InChI is InChI=1S/C13H19BrN2O2/c1-9-7-11(17)13(18-2)12(14)10(9)8-16-5-3-15-4-6-16/h7,15,17H,3-6,8H2,1-2H3. The van der Waals surface area contributed by atoms with Gasteiger partial charge in [-0.05, 0) is 40.0 Å². The Morgan fingerprint density at radius 3 is 2.72 bits per heavy atom. The summed E-state index contributed by atoms with van der Waals surface area (Å²) in [6.07, 6.45) is 0. The molecule has 1 aromatic carbocycles. The predicted octanol–water partition coefficient (Wildman–Crippen LogP) is 1.88. The van der Waals surface area contributed by atoms with E-state index in [4.69, 9.17) is 4.74 Å². The van der Waals surface area contributed by atoms with E-state index < -0.39 is 0 Å². The fraction of sp³-hybridized carbons (Fsp3) is 0.538. The molecular weight excluding hydrogens is 296 g/mol. The second-order valence-electron chi connectivity index (χ2n) is 4.56.